The average molecular weight is 689 g/mol. The Bertz CT molecular complexity index is 3160. The van der Waals surface area contributed by atoms with Crippen LogP contribution >= 0.6 is 11.3 Å². The maximum Gasteiger partial charge on any atom is 0.0434 e. The first-order valence-corrected chi connectivity index (χ1v) is 19.1. The van der Waals surface area contributed by atoms with E-state index >= 15 is 0 Å². The van der Waals surface area contributed by atoms with Crippen LogP contribution in [-0.2, 0) is 0 Å². The molecule has 0 spiro atoms. The molecule has 1 heterocycles. The zero-order chi connectivity index (χ0) is 34.9. The van der Waals surface area contributed by atoms with Gasteiger partial charge in [0.1, 0.15) is 0 Å². The van der Waals surface area contributed by atoms with Gasteiger partial charge in [-0.1, -0.05) is 170 Å². The zero-order valence-corrected chi connectivity index (χ0v) is 29.7. The molecule has 0 N–H and O–H groups in total. The second kappa shape index (κ2) is 12.0. The lowest BCUT2D eigenvalue weighted by Crippen LogP contribution is -1.91. The van der Waals surface area contributed by atoms with Gasteiger partial charge in [0.25, 0.3) is 0 Å². The van der Waals surface area contributed by atoms with Crippen LogP contribution in [0, 0.1) is 0 Å². The summed E-state index contributed by atoms with van der Waals surface area (Å²) in [6.07, 6.45) is 0. The molecule has 0 aliphatic heterocycles. The predicted molar refractivity (Wildman–Crippen MR) is 231 cm³/mol. The highest BCUT2D eigenvalue weighted by Gasteiger charge is 2.18. The van der Waals surface area contributed by atoms with E-state index in [1.807, 2.05) is 11.3 Å². The number of benzene rings is 10. The van der Waals surface area contributed by atoms with E-state index in [0.717, 1.165) is 0 Å². The van der Waals surface area contributed by atoms with E-state index in [1.165, 1.54) is 108 Å². The number of rotatable bonds is 4. The second-order valence-corrected chi connectivity index (χ2v) is 15.1. The highest BCUT2D eigenvalue weighted by Crippen LogP contribution is 2.46. The van der Waals surface area contributed by atoms with Crippen molar-refractivity contribution in [3.63, 3.8) is 0 Å². The van der Waals surface area contributed by atoms with Crippen LogP contribution in [0.25, 0.3) is 108 Å². The highest BCUT2D eigenvalue weighted by molar-refractivity contribution is 7.26. The minimum Gasteiger partial charge on any atom is -0.135 e. The largest absolute Gasteiger partial charge is 0.135 e. The van der Waals surface area contributed by atoms with Crippen molar-refractivity contribution in [1.29, 1.82) is 0 Å². The third kappa shape index (κ3) is 4.82. The minimum absolute atomic E-state index is 1.22. The molecule has 0 bridgehead atoms. The van der Waals surface area contributed by atoms with Crippen LogP contribution < -0.4 is 0 Å². The SMILES string of the molecule is c1cc(-c2ccc3ccccc3c2)cc(-c2c3ccccc3c(-c3ccc(-c4cc5c6ccccc6sc5c5ccccc45)cc3)c3ccccc23)c1. The third-order valence-electron chi connectivity index (χ3n) is 11.0. The topological polar surface area (TPSA) is 0 Å². The number of thiophene rings is 1. The van der Waals surface area contributed by atoms with Crippen molar-refractivity contribution in [2.45, 2.75) is 0 Å². The highest BCUT2D eigenvalue weighted by atomic mass is 32.1. The first-order valence-electron chi connectivity index (χ1n) is 18.3. The van der Waals surface area contributed by atoms with Crippen LogP contribution in [0.5, 0.6) is 0 Å². The molecule has 0 nitrogen and oxygen atoms in total. The molecule has 10 aromatic carbocycles. The fourth-order valence-electron chi connectivity index (χ4n) is 8.58. The van der Waals surface area contributed by atoms with Gasteiger partial charge in [-0.2, -0.15) is 0 Å². The van der Waals surface area contributed by atoms with E-state index in [0.29, 0.717) is 0 Å². The van der Waals surface area contributed by atoms with Crippen molar-refractivity contribution in [1.82, 2.24) is 0 Å². The van der Waals surface area contributed by atoms with E-state index < -0.39 is 0 Å². The summed E-state index contributed by atoms with van der Waals surface area (Å²) in [7, 11) is 0. The van der Waals surface area contributed by atoms with Gasteiger partial charge in [0.05, 0.1) is 0 Å². The maximum absolute atomic E-state index is 2.41. The van der Waals surface area contributed by atoms with Gasteiger partial charge in [0.15, 0.2) is 0 Å². The van der Waals surface area contributed by atoms with Crippen molar-refractivity contribution in [2.75, 3.05) is 0 Å². The molecule has 1 aromatic heterocycles. The Morgan fingerprint density at radius 2 is 0.774 bits per heavy atom. The Morgan fingerprint density at radius 3 is 1.49 bits per heavy atom. The van der Waals surface area contributed by atoms with Crippen molar-refractivity contribution in [2.24, 2.45) is 0 Å². The van der Waals surface area contributed by atoms with E-state index in [9.17, 15) is 0 Å². The van der Waals surface area contributed by atoms with Crippen LogP contribution in [0.4, 0.5) is 0 Å². The van der Waals surface area contributed by atoms with Crippen LogP contribution in [0.3, 0.4) is 0 Å². The fourth-order valence-corrected chi connectivity index (χ4v) is 9.80. The molecule has 0 saturated heterocycles. The summed E-state index contributed by atoms with van der Waals surface area (Å²) in [5.41, 5.74) is 9.98. The van der Waals surface area contributed by atoms with E-state index in [1.54, 1.807) is 0 Å². The van der Waals surface area contributed by atoms with Gasteiger partial charge in [-0.3, -0.25) is 0 Å². The number of hydrogen-bond acceptors (Lipinski definition) is 1. The van der Waals surface area contributed by atoms with Gasteiger partial charge >= 0.3 is 0 Å². The molecule has 11 aromatic rings. The van der Waals surface area contributed by atoms with Crippen LogP contribution in [0.2, 0.25) is 0 Å². The molecular formula is C52H32S. The number of hydrogen-bond donors (Lipinski definition) is 0. The molecule has 0 saturated carbocycles. The third-order valence-corrected chi connectivity index (χ3v) is 12.3. The lowest BCUT2D eigenvalue weighted by atomic mass is 9.85. The minimum atomic E-state index is 1.22. The smallest absolute Gasteiger partial charge is 0.0434 e. The number of fused-ring (bicyclic) bond motifs is 8. The van der Waals surface area contributed by atoms with Crippen molar-refractivity contribution >= 4 is 74.6 Å². The van der Waals surface area contributed by atoms with Crippen molar-refractivity contribution in [3.05, 3.63) is 194 Å². The van der Waals surface area contributed by atoms with E-state index in [4.69, 9.17) is 0 Å². The first-order chi connectivity index (χ1) is 26.3. The summed E-state index contributed by atoms with van der Waals surface area (Å²) < 4.78 is 2.70. The van der Waals surface area contributed by atoms with Crippen LogP contribution in [0.1, 0.15) is 0 Å². The fraction of sp³-hybridized carbons (Fsp3) is 0. The van der Waals surface area contributed by atoms with Gasteiger partial charge in [0.2, 0.25) is 0 Å². The average Bonchev–Trinajstić information content (AvgIpc) is 3.61. The zero-order valence-electron chi connectivity index (χ0n) is 28.9. The quantitative estimate of drug-likeness (QED) is 0.162. The Balaban J connectivity index is 1.08. The molecule has 11 rings (SSSR count). The van der Waals surface area contributed by atoms with Crippen LogP contribution in [-0.4, -0.2) is 0 Å². The van der Waals surface area contributed by atoms with Gasteiger partial charge in [-0.25, -0.2) is 0 Å². The Labute approximate surface area is 311 Å². The maximum atomic E-state index is 2.41. The molecule has 0 amide bonds. The summed E-state index contributed by atoms with van der Waals surface area (Å²) in [5, 5.41) is 12.9. The van der Waals surface area contributed by atoms with Crippen LogP contribution in [0.15, 0.2) is 194 Å². The summed E-state index contributed by atoms with van der Waals surface area (Å²) in [6, 6.07) is 71.7. The van der Waals surface area contributed by atoms with Gasteiger partial charge in [-0.05, 0) is 106 Å². The summed E-state index contributed by atoms with van der Waals surface area (Å²) in [4.78, 5) is 0. The Morgan fingerprint density at radius 1 is 0.264 bits per heavy atom. The van der Waals surface area contributed by atoms with E-state index in [2.05, 4.69) is 194 Å². The van der Waals surface area contributed by atoms with E-state index in [-0.39, 0.29) is 0 Å². The normalized spacial score (nSPS) is 11.8. The Hall–Kier alpha value is -6.54. The molecule has 0 fully saturated rings. The molecule has 53 heavy (non-hydrogen) atoms. The van der Waals surface area contributed by atoms with Gasteiger partial charge < -0.3 is 0 Å². The monoisotopic (exact) mass is 688 g/mol. The lowest BCUT2D eigenvalue weighted by molar-refractivity contribution is 1.62. The summed E-state index contributed by atoms with van der Waals surface area (Å²) in [6.45, 7) is 0. The lowest BCUT2D eigenvalue weighted by Gasteiger charge is -2.18. The molecule has 246 valence electrons. The predicted octanol–water partition coefficient (Wildman–Crippen LogP) is 15.3. The molecule has 0 aliphatic rings. The molecule has 0 unspecified atom stereocenters. The summed E-state index contributed by atoms with van der Waals surface area (Å²) >= 11 is 1.90. The molecule has 1 heteroatoms. The standard InChI is InChI=1S/C52H32S/c1-2-13-36-30-38(29-24-33(36)12-1)37-14-11-15-39(31-37)51-44-20-6-4-18-42(44)50(43-19-5-7-21-45(43)51)35-27-25-34(26-28-35)47-32-48-41-17-9-10-23-49(41)53-52(48)46-22-8-3-16-40(46)47/h1-32H. The first kappa shape index (κ1) is 30.1. The molecular weight excluding hydrogens is 657 g/mol. The Kier molecular flexibility index (Phi) is 6.83. The summed E-state index contributed by atoms with van der Waals surface area (Å²) in [5.74, 6) is 0. The molecule has 0 radical (unpaired) electrons. The molecule has 0 aliphatic carbocycles. The second-order valence-electron chi connectivity index (χ2n) is 14.0. The van der Waals surface area contributed by atoms with Gasteiger partial charge in [-0.15, -0.1) is 11.3 Å². The van der Waals surface area contributed by atoms with Gasteiger partial charge in [0, 0.05) is 25.6 Å². The van der Waals surface area contributed by atoms with Crippen molar-refractivity contribution < 1.29 is 0 Å². The molecule has 0 atom stereocenters. The van der Waals surface area contributed by atoms with Crippen molar-refractivity contribution in [3.8, 4) is 44.5 Å².